The van der Waals surface area contributed by atoms with Crippen LogP contribution in [0.3, 0.4) is 0 Å². The van der Waals surface area contributed by atoms with Gasteiger partial charge < -0.3 is 14.6 Å². The number of hydroxylamine groups is 1. The summed E-state index contributed by atoms with van der Waals surface area (Å²) in [6.45, 7) is 0.303. The molecule has 0 aliphatic carbocycles. The molecular formula is C16H16BrF2N3O4. The molecule has 10 heteroatoms. The van der Waals surface area contributed by atoms with Crippen LogP contribution in [0.15, 0.2) is 33.7 Å². The van der Waals surface area contributed by atoms with Crippen LogP contribution < -0.4 is 16.4 Å². The zero-order valence-corrected chi connectivity index (χ0v) is 15.5. The molecule has 1 amide bonds. The topological polar surface area (TPSA) is 81.6 Å². The molecule has 0 aliphatic rings. The summed E-state index contributed by atoms with van der Waals surface area (Å²) in [6, 6.07) is 4.03. The Morgan fingerprint density at radius 1 is 1.31 bits per heavy atom. The maximum absolute atomic E-state index is 14.5. The van der Waals surface area contributed by atoms with Crippen LogP contribution in [0.1, 0.15) is 10.4 Å². The number of carbonyl (C=O) groups is 1. The number of aryl methyl sites for hydroxylation is 1. The van der Waals surface area contributed by atoms with E-state index >= 15 is 0 Å². The van der Waals surface area contributed by atoms with Crippen molar-refractivity contribution < 1.29 is 23.1 Å². The Hall–Kier alpha value is -2.30. The second-order valence-corrected chi connectivity index (χ2v) is 6.09. The zero-order chi connectivity index (χ0) is 19.3. The highest BCUT2D eigenvalue weighted by atomic mass is 79.9. The third kappa shape index (κ3) is 4.65. The van der Waals surface area contributed by atoms with Gasteiger partial charge in [0.15, 0.2) is 0 Å². The van der Waals surface area contributed by atoms with Crippen molar-refractivity contribution in [1.82, 2.24) is 10.0 Å². The number of halogens is 3. The molecule has 0 bridgehead atoms. The van der Waals surface area contributed by atoms with Gasteiger partial charge in [-0.05, 0) is 18.2 Å². The predicted octanol–water partition coefficient (Wildman–Crippen LogP) is 2.48. The van der Waals surface area contributed by atoms with Crippen molar-refractivity contribution in [3.8, 4) is 0 Å². The number of hydrogen-bond donors (Lipinski definition) is 2. The first kappa shape index (κ1) is 20.0. The van der Waals surface area contributed by atoms with E-state index in [1.54, 1.807) is 0 Å². The number of benzene rings is 1. The molecule has 0 unspecified atom stereocenters. The van der Waals surface area contributed by atoms with Gasteiger partial charge in [0, 0.05) is 24.8 Å². The van der Waals surface area contributed by atoms with Gasteiger partial charge in [-0.15, -0.1) is 0 Å². The molecule has 1 heterocycles. The number of pyridine rings is 1. The minimum absolute atomic E-state index is 0.0700. The van der Waals surface area contributed by atoms with E-state index in [0.29, 0.717) is 4.47 Å². The maximum Gasteiger partial charge on any atom is 0.288 e. The van der Waals surface area contributed by atoms with Gasteiger partial charge in [-0.1, -0.05) is 15.9 Å². The van der Waals surface area contributed by atoms with E-state index in [0.717, 1.165) is 16.8 Å². The van der Waals surface area contributed by atoms with Crippen molar-refractivity contribution in [1.29, 1.82) is 0 Å². The molecule has 0 saturated carbocycles. The summed E-state index contributed by atoms with van der Waals surface area (Å²) in [5.74, 6) is -2.72. The molecule has 0 saturated heterocycles. The van der Waals surface area contributed by atoms with Crippen LogP contribution in [0.4, 0.5) is 20.2 Å². The van der Waals surface area contributed by atoms with Crippen LogP contribution in [0.2, 0.25) is 0 Å². The number of anilines is 2. The molecule has 2 rings (SSSR count). The SMILES string of the molecule is COCCONC(=O)c1cn(C)c(=O)c(F)c1Nc1ccc(Br)cc1F. The van der Waals surface area contributed by atoms with Gasteiger partial charge in [-0.25, -0.2) is 9.87 Å². The third-order valence-electron chi connectivity index (χ3n) is 3.31. The Kier molecular flexibility index (Phi) is 6.83. The Bertz CT molecular complexity index is 873. The minimum Gasteiger partial charge on any atom is -0.382 e. The van der Waals surface area contributed by atoms with Gasteiger partial charge in [0.25, 0.3) is 11.5 Å². The zero-order valence-electron chi connectivity index (χ0n) is 13.9. The van der Waals surface area contributed by atoms with E-state index in [4.69, 9.17) is 9.57 Å². The summed E-state index contributed by atoms with van der Waals surface area (Å²) in [5, 5.41) is 2.46. The molecule has 1 aromatic carbocycles. The van der Waals surface area contributed by atoms with Crippen LogP contribution in [0.25, 0.3) is 0 Å². The van der Waals surface area contributed by atoms with Crippen molar-refractivity contribution in [3.63, 3.8) is 0 Å². The summed E-state index contributed by atoms with van der Waals surface area (Å²) in [6.07, 6.45) is 1.12. The van der Waals surface area contributed by atoms with Gasteiger partial charge in [-0.2, -0.15) is 4.39 Å². The first-order valence-electron chi connectivity index (χ1n) is 7.37. The summed E-state index contributed by atoms with van der Waals surface area (Å²) < 4.78 is 34.6. The molecule has 26 heavy (non-hydrogen) atoms. The van der Waals surface area contributed by atoms with Crippen LogP contribution >= 0.6 is 15.9 Å². The fraction of sp³-hybridized carbons (Fsp3) is 0.250. The summed E-state index contributed by atoms with van der Waals surface area (Å²) in [7, 11) is 2.75. The fourth-order valence-corrected chi connectivity index (χ4v) is 2.35. The number of nitrogens with zero attached hydrogens (tertiary/aromatic N) is 1. The van der Waals surface area contributed by atoms with Crippen LogP contribution in [-0.4, -0.2) is 30.8 Å². The number of carbonyl (C=O) groups excluding carboxylic acids is 1. The van der Waals surface area contributed by atoms with Crippen LogP contribution in [0, 0.1) is 11.6 Å². The summed E-state index contributed by atoms with van der Waals surface area (Å²) in [5.41, 5.74) is 0.354. The second-order valence-electron chi connectivity index (χ2n) is 5.17. The standard InChI is InChI=1S/C16H16BrF2N3O4/c1-22-8-10(15(23)21-26-6-5-25-2)14(13(19)16(22)24)20-12-4-3-9(17)7-11(12)18/h3-4,7-8,20H,5-6H2,1-2H3,(H,21,23). The van der Waals surface area contributed by atoms with E-state index in [9.17, 15) is 18.4 Å². The van der Waals surface area contributed by atoms with E-state index in [2.05, 4.69) is 26.7 Å². The largest absolute Gasteiger partial charge is 0.382 e. The quantitative estimate of drug-likeness (QED) is 0.519. The number of nitrogens with one attached hydrogen (secondary N) is 2. The van der Waals surface area contributed by atoms with Crippen molar-refractivity contribution in [3.05, 3.63) is 56.4 Å². The molecule has 140 valence electrons. The van der Waals surface area contributed by atoms with Gasteiger partial charge in [-0.3, -0.25) is 14.4 Å². The van der Waals surface area contributed by atoms with Gasteiger partial charge >= 0.3 is 0 Å². The predicted molar refractivity (Wildman–Crippen MR) is 94.3 cm³/mol. The van der Waals surface area contributed by atoms with Crippen LogP contribution in [-0.2, 0) is 16.6 Å². The molecular weight excluding hydrogens is 416 g/mol. The molecule has 0 spiro atoms. The number of amides is 1. The molecule has 7 nitrogen and oxygen atoms in total. The normalized spacial score (nSPS) is 10.7. The molecule has 1 aromatic heterocycles. The molecule has 2 aromatic rings. The summed E-state index contributed by atoms with van der Waals surface area (Å²) >= 11 is 3.11. The lowest BCUT2D eigenvalue weighted by atomic mass is 10.2. The van der Waals surface area contributed by atoms with E-state index in [1.807, 2.05) is 0 Å². The Labute approximate surface area is 156 Å². The molecule has 0 aliphatic heterocycles. The van der Waals surface area contributed by atoms with Crippen LogP contribution in [0.5, 0.6) is 0 Å². The smallest absolute Gasteiger partial charge is 0.288 e. The molecule has 0 atom stereocenters. The molecule has 0 radical (unpaired) electrons. The molecule has 2 N–H and O–H groups in total. The Morgan fingerprint density at radius 2 is 2.04 bits per heavy atom. The highest BCUT2D eigenvalue weighted by Crippen LogP contribution is 2.26. The first-order chi connectivity index (χ1) is 12.3. The van der Waals surface area contributed by atoms with Crippen molar-refractivity contribution in [2.75, 3.05) is 25.6 Å². The molecule has 0 fully saturated rings. The second kappa shape index (κ2) is 8.88. The number of ether oxygens (including phenoxy) is 1. The van der Waals surface area contributed by atoms with E-state index in [1.165, 1.54) is 26.3 Å². The van der Waals surface area contributed by atoms with Gasteiger partial charge in [0.2, 0.25) is 5.82 Å². The van der Waals surface area contributed by atoms with E-state index < -0.39 is 28.8 Å². The highest BCUT2D eigenvalue weighted by Gasteiger charge is 2.21. The third-order valence-corrected chi connectivity index (χ3v) is 3.80. The van der Waals surface area contributed by atoms with Crippen molar-refractivity contribution in [2.45, 2.75) is 0 Å². The highest BCUT2D eigenvalue weighted by molar-refractivity contribution is 9.10. The lowest BCUT2D eigenvalue weighted by Gasteiger charge is -2.15. The fourth-order valence-electron chi connectivity index (χ4n) is 2.01. The van der Waals surface area contributed by atoms with Gasteiger partial charge in [0.1, 0.15) is 5.82 Å². The number of aromatic nitrogens is 1. The average Bonchev–Trinajstić information content (AvgIpc) is 2.60. The van der Waals surface area contributed by atoms with Crippen molar-refractivity contribution in [2.24, 2.45) is 7.05 Å². The average molecular weight is 432 g/mol. The lowest BCUT2D eigenvalue weighted by molar-refractivity contribution is 0.00887. The number of hydrogen-bond acceptors (Lipinski definition) is 5. The first-order valence-corrected chi connectivity index (χ1v) is 8.16. The number of methoxy groups -OCH3 is 1. The summed E-state index contributed by atoms with van der Waals surface area (Å²) in [4.78, 5) is 29.0. The van der Waals surface area contributed by atoms with Crippen molar-refractivity contribution >= 4 is 33.2 Å². The Morgan fingerprint density at radius 3 is 2.69 bits per heavy atom. The minimum atomic E-state index is -1.22. The van der Waals surface area contributed by atoms with E-state index in [-0.39, 0.29) is 24.5 Å². The van der Waals surface area contributed by atoms with Gasteiger partial charge in [0.05, 0.1) is 30.2 Å². The monoisotopic (exact) mass is 431 g/mol. The number of rotatable bonds is 7. The maximum atomic E-state index is 14.5. The Balaban J connectivity index is 2.38. The lowest BCUT2D eigenvalue weighted by Crippen LogP contribution is -2.30.